The van der Waals surface area contributed by atoms with Crippen molar-refractivity contribution in [2.45, 2.75) is 25.6 Å². The number of hydrogen-bond donors (Lipinski definition) is 1. The van der Waals surface area contributed by atoms with Gasteiger partial charge in [-0.1, -0.05) is 103 Å². The van der Waals surface area contributed by atoms with Gasteiger partial charge in [0, 0.05) is 5.39 Å². The van der Waals surface area contributed by atoms with Crippen molar-refractivity contribution in [1.82, 2.24) is 0 Å². The summed E-state index contributed by atoms with van der Waals surface area (Å²) in [7, 11) is 0. The fourth-order valence-corrected chi connectivity index (χ4v) is 4.62. The van der Waals surface area contributed by atoms with E-state index in [1.54, 1.807) is 6.07 Å². The van der Waals surface area contributed by atoms with Gasteiger partial charge < -0.3 is 9.84 Å². The number of ether oxygens (including phenoxy) is 1. The van der Waals surface area contributed by atoms with Gasteiger partial charge in [-0.2, -0.15) is 5.11 Å². The second-order valence-electron chi connectivity index (χ2n) is 8.98. The Balaban J connectivity index is 1.58. The van der Waals surface area contributed by atoms with Gasteiger partial charge >= 0.3 is 0 Å². The predicted octanol–water partition coefficient (Wildman–Crippen LogP) is 8.68. The third-order valence-electron chi connectivity index (χ3n) is 6.19. The average molecular weight is 473 g/mol. The molecule has 0 unspecified atom stereocenters. The molecular weight excluding hydrogens is 444 g/mol. The molecule has 0 radical (unpaired) electrons. The monoisotopic (exact) mass is 472 g/mol. The summed E-state index contributed by atoms with van der Waals surface area (Å²) in [4.78, 5) is 0. The van der Waals surface area contributed by atoms with Crippen LogP contribution >= 0.6 is 0 Å². The highest BCUT2D eigenvalue weighted by Gasteiger charge is 2.38. The Kier molecular flexibility index (Phi) is 6.61. The van der Waals surface area contributed by atoms with Gasteiger partial charge in [0.1, 0.15) is 17.0 Å². The van der Waals surface area contributed by atoms with E-state index in [0.717, 1.165) is 27.5 Å². The van der Waals surface area contributed by atoms with E-state index in [-0.39, 0.29) is 11.9 Å². The molecule has 0 bridgehead atoms. The van der Waals surface area contributed by atoms with Gasteiger partial charge in [-0.3, -0.25) is 0 Å². The largest absolute Gasteiger partial charge is 0.506 e. The van der Waals surface area contributed by atoms with E-state index in [1.807, 2.05) is 91.0 Å². The Hall–Kier alpha value is -4.28. The molecule has 178 valence electrons. The van der Waals surface area contributed by atoms with Crippen LogP contribution in [-0.2, 0) is 10.3 Å². The number of azo groups is 1. The van der Waals surface area contributed by atoms with Crippen LogP contribution in [0.4, 0.5) is 11.4 Å². The summed E-state index contributed by atoms with van der Waals surface area (Å²) in [5.74, 6) is 0.103. The maximum absolute atomic E-state index is 10.4. The lowest BCUT2D eigenvalue weighted by Crippen LogP contribution is -2.35. The maximum atomic E-state index is 10.4. The number of benzene rings is 5. The Morgan fingerprint density at radius 3 is 1.78 bits per heavy atom. The third-order valence-corrected chi connectivity index (χ3v) is 6.19. The molecule has 0 heterocycles. The molecule has 0 aliphatic rings. The molecular formula is C32H28N2O2. The summed E-state index contributed by atoms with van der Waals surface area (Å²) in [6, 6.07) is 39.9. The van der Waals surface area contributed by atoms with E-state index < -0.39 is 5.60 Å². The normalized spacial score (nSPS) is 12.0. The molecule has 0 amide bonds. The van der Waals surface area contributed by atoms with E-state index in [0.29, 0.717) is 11.4 Å². The zero-order chi connectivity index (χ0) is 25.0. The Bertz CT molecular complexity index is 1440. The Morgan fingerprint density at radius 2 is 1.17 bits per heavy atom. The minimum absolute atomic E-state index is 0.0147. The fraction of sp³-hybridized carbons (Fsp3) is 0.125. The Labute approximate surface area is 211 Å². The quantitative estimate of drug-likeness (QED) is 0.190. The van der Waals surface area contributed by atoms with Crippen LogP contribution in [0.3, 0.4) is 0 Å². The molecule has 36 heavy (non-hydrogen) atoms. The van der Waals surface area contributed by atoms with Crippen molar-refractivity contribution < 1.29 is 9.84 Å². The molecule has 0 saturated carbocycles. The standard InChI is InChI=1S/C32H28N2O2/c1-23(2)36-32(25-12-5-3-6-13-25,26-14-7-4-8-15-26)27-18-20-28(21-19-27)33-34-31-29-16-10-9-11-24(29)17-22-30(31)35/h3-23,35H,1-2H3. The predicted molar refractivity (Wildman–Crippen MR) is 145 cm³/mol. The Morgan fingerprint density at radius 1 is 0.611 bits per heavy atom. The van der Waals surface area contributed by atoms with E-state index in [1.165, 1.54) is 0 Å². The first-order valence-electron chi connectivity index (χ1n) is 12.1. The number of phenols is 1. The minimum atomic E-state index is -0.778. The molecule has 4 nitrogen and oxygen atoms in total. The average Bonchev–Trinajstić information content (AvgIpc) is 2.92. The van der Waals surface area contributed by atoms with Crippen LogP contribution in [0, 0.1) is 0 Å². The molecule has 1 N–H and O–H groups in total. The summed E-state index contributed by atoms with van der Waals surface area (Å²) in [6.07, 6.45) is -0.0147. The molecule has 0 spiro atoms. The van der Waals surface area contributed by atoms with Crippen molar-refractivity contribution in [1.29, 1.82) is 0 Å². The van der Waals surface area contributed by atoms with Gasteiger partial charge in [0.15, 0.2) is 0 Å². The van der Waals surface area contributed by atoms with Gasteiger partial charge in [0.05, 0.1) is 11.8 Å². The topological polar surface area (TPSA) is 54.2 Å². The van der Waals surface area contributed by atoms with E-state index >= 15 is 0 Å². The lowest BCUT2D eigenvalue weighted by molar-refractivity contribution is -0.0293. The van der Waals surface area contributed by atoms with Crippen molar-refractivity contribution in [2.75, 3.05) is 0 Å². The maximum Gasteiger partial charge on any atom is 0.144 e. The molecule has 4 heteroatoms. The number of aromatic hydroxyl groups is 1. The van der Waals surface area contributed by atoms with E-state index in [9.17, 15) is 5.11 Å². The van der Waals surface area contributed by atoms with Crippen LogP contribution in [0.5, 0.6) is 5.75 Å². The first-order valence-corrected chi connectivity index (χ1v) is 12.1. The summed E-state index contributed by atoms with van der Waals surface area (Å²) in [6.45, 7) is 4.11. The molecule has 0 saturated heterocycles. The lowest BCUT2D eigenvalue weighted by atomic mass is 9.80. The fourth-order valence-electron chi connectivity index (χ4n) is 4.62. The first kappa shape index (κ1) is 23.5. The zero-order valence-electron chi connectivity index (χ0n) is 20.4. The summed E-state index contributed by atoms with van der Waals surface area (Å²) in [5, 5.41) is 21.1. The third kappa shape index (κ3) is 4.51. The highest BCUT2D eigenvalue weighted by atomic mass is 16.5. The highest BCUT2D eigenvalue weighted by Crippen LogP contribution is 2.42. The van der Waals surface area contributed by atoms with Gasteiger partial charge in [-0.05, 0) is 54.1 Å². The SMILES string of the molecule is CC(C)OC(c1ccccc1)(c1ccccc1)c1ccc(N=Nc2c(O)ccc3ccccc23)cc1. The number of hydrogen-bond acceptors (Lipinski definition) is 4. The van der Waals surface area contributed by atoms with Crippen molar-refractivity contribution >= 4 is 22.1 Å². The first-order chi connectivity index (χ1) is 17.6. The molecule has 0 aliphatic heterocycles. The van der Waals surface area contributed by atoms with Crippen LogP contribution in [0.1, 0.15) is 30.5 Å². The molecule has 0 aliphatic carbocycles. The van der Waals surface area contributed by atoms with Crippen LogP contribution < -0.4 is 0 Å². The second-order valence-corrected chi connectivity index (χ2v) is 8.98. The highest BCUT2D eigenvalue weighted by molar-refractivity contribution is 5.95. The van der Waals surface area contributed by atoms with Crippen molar-refractivity contribution in [3.63, 3.8) is 0 Å². The van der Waals surface area contributed by atoms with Gasteiger partial charge in [-0.15, -0.1) is 5.11 Å². The van der Waals surface area contributed by atoms with E-state index in [4.69, 9.17) is 4.74 Å². The van der Waals surface area contributed by atoms with Crippen LogP contribution in [0.25, 0.3) is 10.8 Å². The molecule has 0 fully saturated rings. The molecule has 0 atom stereocenters. The van der Waals surface area contributed by atoms with Crippen LogP contribution in [0.15, 0.2) is 132 Å². The van der Waals surface area contributed by atoms with Gasteiger partial charge in [-0.25, -0.2) is 0 Å². The molecule has 5 aromatic carbocycles. The summed E-state index contributed by atoms with van der Waals surface area (Å²) >= 11 is 0. The van der Waals surface area contributed by atoms with Crippen molar-refractivity contribution in [3.8, 4) is 5.75 Å². The summed E-state index contributed by atoms with van der Waals surface area (Å²) in [5.41, 5.74) is 3.48. The number of nitrogens with zero attached hydrogens (tertiary/aromatic N) is 2. The second kappa shape index (κ2) is 10.1. The number of rotatable bonds is 7. The number of phenolic OH excluding ortho intramolecular Hbond substituents is 1. The smallest absolute Gasteiger partial charge is 0.144 e. The summed E-state index contributed by atoms with van der Waals surface area (Å²) < 4.78 is 6.74. The van der Waals surface area contributed by atoms with Crippen LogP contribution in [-0.4, -0.2) is 11.2 Å². The lowest BCUT2D eigenvalue weighted by Gasteiger charge is -2.37. The zero-order valence-corrected chi connectivity index (χ0v) is 20.4. The van der Waals surface area contributed by atoms with Gasteiger partial charge in [0.25, 0.3) is 0 Å². The van der Waals surface area contributed by atoms with Crippen LogP contribution in [0.2, 0.25) is 0 Å². The molecule has 0 aromatic heterocycles. The number of fused-ring (bicyclic) bond motifs is 1. The molecule has 5 aromatic rings. The minimum Gasteiger partial charge on any atom is -0.506 e. The van der Waals surface area contributed by atoms with Crippen molar-refractivity contribution in [2.24, 2.45) is 10.2 Å². The molecule has 5 rings (SSSR count). The van der Waals surface area contributed by atoms with Gasteiger partial charge in [0.2, 0.25) is 0 Å². The van der Waals surface area contributed by atoms with E-state index in [2.05, 4.69) is 48.3 Å². The van der Waals surface area contributed by atoms with Crippen molar-refractivity contribution in [3.05, 3.63) is 138 Å².